The highest BCUT2D eigenvalue weighted by Crippen LogP contribution is 2.32. The number of halogens is 1. The van der Waals surface area contributed by atoms with Crippen molar-refractivity contribution in [3.05, 3.63) is 23.8 Å². The third-order valence-electron chi connectivity index (χ3n) is 1.89. The van der Waals surface area contributed by atoms with E-state index in [2.05, 4.69) is 4.74 Å². The van der Waals surface area contributed by atoms with Gasteiger partial charge < -0.3 is 9.47 Å². The van der Waals surface area contributed by atoms with Gasteiger partial charge in [0, 0.05) is 0 Å². The molecule has 0 N–H and O–H groups in total. The Morgan fingerprint density at radius 1 is 1.54 bits per heavy atom. The molecule has 0 fully saturated rings. The Morgan fingerprint density at radius 3 is 3.00 bits per heavy atom. The third-order valence-corrected chi connectivity index (χ3v) is 1.89. The normalized spacial score (nSPS) is 19.5. The van der Waals surface area contributed by atoms with Crippen LogP contribution in [0.3, 0.4) is 0 Å². The molecule has 0 aromatic heterocycles. The number of carbonyl (C=O) groups excluding carboxylic acids is 1. The molecule has 1 heterocycles. The maximum Gasteiger partial charge on any atom is 0.301 e. The molecule has 1 unspecified atom stereocenters. The van der Waals surface area contributed by atoms with Crippen LogP contribution in [-0.4, -0.2) is 19.3 Å². The molecule has 0 spiro atoms. The lowest BCUT2D eigenvalue weighted by molar-refractivity contribution is 0.0561. The van der Waals surface area contributed by atoms with Gasteiger partial charge in [0.2, 0.25) is 5.78 Å². The second-order valence-electron chi connectivity index (χ2n) is 2.66. The molecular weight excluding hydrogens is 175 g/mol. The second kappa shape index (κ2) is 2.73. The molecule has 13 heavy (non-hydrogen) atoms. The van der Waals surface area contributed by atoms with E-state index in [-0.39, 0.29) is 11.3 Å². The molecule has 0 saturated heterocycles. The van der Waals surface area contributed by atoms with E-state index in [0.29, 0.717) is 5.75 Å². The van der Waals surface area contributed by atoms with E-state index in [1.54, 1.807) is 6.07 Å². The van der Waals surface area contributed by atoms with Crippen molar-refractivity contribution < 1.29 is 18.7 Å². The van der Waals surface area contributed by atoms with Crippen LogP contribution in [0.25, 0.3) is 0 Å². The molecule has 4 heteroatoms. The van der Waals surface area contributed by atoms with Crippen molar-refractivity contribution >= 4 is 5.78 Å². The van der Waals surface area contributed by atoms with Gasteiger partial charge in [-0.05, 0) is 18.2 Å². The van der Waals surface area contributed by atoms with Crippen LogP contribution < -0.4 is 9.47 Å². The van der Waals surface area contributed by atoms with Crippen LogP contribution >= 0.6 is 0 Å². The molecule has 1 aromatic rings. The highest BCUT2D eigenvalue weighted by atomic mass is 19.1. The molecule has 1 aromatic carbocycles. The van der Waals surface area contributed by atoms with E-state index in [1.807, 2.05) is 0 Å². The van der Waals surface area contributed by atoms with Gasteiger partial charge in [0.25, 0.3) is 0 Å². The summed E-state index contributed by atoms with van der Waals surface area (Å²) >= 11 is 0. The topological polar surface area (TPSA) is 35.5 Å². The van der Waals surface area contributed by atoms with Crippen molar-refractivity contribution in [3.63, 3.8) is 0 Å². The predicted molar refractivity (Wildman–Crippen MR) is 42.8 cm³/mol. The van der Waals surface area contributed by atoms with E-state index in [1.165, 1.54) is 19.2 Å². The first kappa shape index (κ1) is 8.04. The number of ether oxygens (including phenoxy) is 2. The predicted octanol–water partition coefficient (Wildman–Crippen LogP) is 1.57. The summed E-state index contributed by atoms with van der Waals surface area (Å²) in [5, 5.41) is 0. The van der Waals surface area contributed by atoms with E-state index >= 15 is 0 Å². The number of ketones is 1. The van der Waals surface area contributed by atoms with Crippen LogP contribution in [0.1, 0.15) is 10.4 Å². The smallest absolute Gasteiger partial charge is 0.301 e. The molecule has 68 valence electrons. The highest BCUT2D eigenvalue weighted by molar-refractivity contribution is 6.03. The Hall–Kier alpha value is -1.58. The lowest BCUT2D eigenvalue weighted by Crippen LogP contribution is -2.12. The van der Waals surface area contributed by atoms with Crippen LogP contribution in [-0.2, 0) is 0 Å². The van der Waals surface area contributed by atoms with E-state index in [0.717, 1.165) is 0 Å². The monoisotopic (exact) mass is 182 g/mol. The Bertz CT molecular complexity index is 362. The van der Waals surface area contributed by atoms with Crippen molar-refractivity contribution in [1.29, 1.82) is 0 Å². The van der Waals surface area contributed by atoms with Gasteiger partial charge >= 0.3 is 6.36 Å². The molecular formula is C9H7FO3. The first-order valence-corrected chi connectivity index (χ1v) is 3.75. The van der Waals surface area contributed by atoms with Crippen LogP contribution in [0.4, 0.5) is 4.39 Å². The number of Topliss-reactive ketones (excluding diaryl/α,β-unsaturated/α-hetero) is 1. The second-order valence-corrected chi connectivity index (χ2v) is 2.66. The van der Waals surface area contributed by atoms with Gasteiger partial charge in [0.15, 0.2) is 0 Å². The molecule has 2 rings (SSSR count). The van der Waals surface area contributed by atoms with Crippen LogP contribution in [0.15, 0.2) is 18.2 Å². The summed E-state index contributed by atoms with van der Waals surface area (Å²) in [6.45, 7) is 0. The molecule has 1 aliphatic rings. The minimum atomic E-state index is -1.86. The summed E-state index contributed by atoms with van der Waals surface area (Å²) < 4.78 is 22.3. The van der Waals surface area contributed by atoms with Crippen LogP contribution in [0.5, 0.6) is 11.5 Å². The quantitative estimate of drug-likeness (QED) is 0.661. The van der Waals surface area contributed by atoms with Gasteiger partial charge in [-0.15, -0.1) is 0 Å². The van der Waals surface area contributed by atoms with E-state index < -0.39 is 12.1 Å². The van der Waals surface area contributed by atoms with Crippen molar-refractivity contribution in [2.45, 2.75) is 6.36 Å². The minimum Gasteiger partial charge on any atom is -0.497 e. The van der Waals surface area contributed by atoms with E-state index in [9.17, 15) is 9.18 Å². The van der Waals surface area contributed by atoms with Crippen LogP contribution in [0, 0.1) is 0 Å². The molecule has 0 saturated carbocycles. The van der Waals surface area contributed by atoms with Gasteiger partial charge in [-0.2, -0.15) is 4.39 Å². The van der Waals surface area contributed by atoms with Gasteiger partial charge in [-0.25, -0.2) is 0 Å². The number of alkyl halides is 1. The molecule has 0 bridgehead atoms. The Balaban J connectivity index is 2.48. The summed E-state index contributed by atoms with van der Waals surface area (Å²) in [6.07, 6.45) is -1.86. The number of methoxy groups -OCH3 is 1. The first-order valence-electron chi connectivity index (χ1n) is 3.75. The van der Waals surface area contributed by atoms with Crippen molar-refractivity contribution in [2.75, 3.05) is 7.11 Å². The average Bonchev–Trinajstić information content (AvgIpc) is 2.43. The average molecular weight is 182 g/mol. The zero-order valence-electron chi connectivity index (χ0n) is 6.91. The molecule has 1 atom stereocenters. The fourth-order valence-corrected chi connectivity index (χ4v) is 1.22. The fourth-order valence-electron chi connectivity index (χ4n) is 1.22. The number of hydrogen-bond acceptors (Lipinski definition) is 3. The van der Waals surface area contributed by atoms with Gasteiger partial charge in [0.05, 0.1) is 12.7 Å². The lowest BCUT2D eigenvalue weighted by atomic mass is 10.1. The molecule has 0 amide bonds. The van der Waals surface area contributed by atoms with Crippen molar-refractivity contribution in [1.82, 2.24) is 0 Å². The fraction of sp³-hybridized carbons (Fsp3) is 0.222. The largest absolute Gasteiger partial charge is 0.497 e. The third kappa shape index (κ3) is 1.14. The Labute approximate surface area is 74.1 Å². The number of fused-ring (bicyclic) bond motifs is 1. The van der Waals surface area contributed by atoms with Gasteiger partial charge in [-0.3, -0.25) is 4.79 Å². The van der Waals surface area contributed by atoms with E-state index in [4.69, 9.17) is 4.74 Å². The summed E-state index contributed by atoms with van der Waals surface area (Å²) in [4.78, 5) is 11.1. The lowest BCUT2D eigenvalue weighted by Gasteiger charge is -2.00. The first-order chi connectivity index (χ1) is 6.22. The highest BCUT2D eigenvalue weighted by Gasteiger charge is 2.32. The summed E-state index contributed by atoms with van der Waals surface area (Å²) in [5.41, 5.74) is 0.242. The Kier molecular flexibility index (Phi) is 1.69. The minimum absolute atomic E-state index is 0.242. The standard InChI is InChI=1S/C9H7FO3/c1-12-5-2-3-7-6(4-5)8(11)9(10)13-7/h2-4,9H,1H3. The summed E-state index contributed by atoms with van der Waals surface area (Å²) in [5.74, 6) is 0.150. The van der Waals surface area contributed by atoms with Crippen molar-refractivity contribution in [3.8, 4) is 11.5 Å². The summed E-state index contributed by atoms with van der Waals surface area (Å²) in [7, 11) is 1.48. The summed E-state index contributed by atoms with van der Waals surface area (Å²) in [6, 6.07) is 4.60. The number of benzene rings is 1. The molecule has 0 radical (unpaired) electrons. The maximum atomic E-state index is 12.7. The SMILES string of the molecule is COc1ccc2c(c1)C(=O)C(F)O2. The zero-order chi connectivity index (χ0) is 9.42. The van der Waals surface area contributed by atoms with Gasteiger partial charge in [-0.1, -0.05) is 0 Å². The Morgan fingerprint density at radius 2 is 2.31 bits per heavy atom. The molecule has 3 nitrogen and oxygen atoms in total. The van der Waals surface area contributed by atoms with Gasteiger partial charge in [0.1, 0.15) is 11.5 Å². The van der Waals surface area contributed by atoms with Crippen molar-refractivity contribution in [2.24, 2.45) is 0 Å². The zero-order valence-corrected chi connectivity index (χ0v) is 6.91. The number of carbonyl (C=O) groups is 1. The van der Waals surface area contributed by atoms with Crippen LogP contribution in [0.2, 0.25) is 0 Å². The number of hydrogen-bond donors (Lipinski definition) is 0. The molecule has 0 aliphatic carbocycles. The maximum absolute atomic E-state index is 12.7. The number of rotatable bonds is 1. The molecule has 1 aliphatic heterocycles.